The lowest BCUT2D eigenvalue weighted by atomic mass is 9.96. The summed E-state index contributed by atoms with van der Waals surface area (Å²) in [7, 11) is 2.12. The number of aromatic nitrogens is 1. The van der Waals surface area contributed by atoms with Crippen molar-refractivity contribution in [1.29, 1.82) is 0 Å². The van der Waals surface area contributed by atoms with Crippen molar-refractivity contribution >= 4 is 11.4 Å². The van der Waals surface area contributed by atoms with Gasteiger partial charge in [0.15, 0.2) is 0 Å². The molecule has 1 heterocycles. The van der Waals surface area contributed by atoms with E-state index in [1.54, 1.807) is 0 Å². The van der Waals surface area contributed by atoms with Crippen LogP contribution in [0.15, 0.2) is 18.5 Å². The quantitative estimate of drug-likeness (QED) is 0.848. The minimum atomic E-state index is 0.293. The number of hydrogen-bond acceptors (Lipinski definition) is 3. The molecule has 1 N–H and O–H groups in total. The molecule has 1 aromatic heterocycles. The standard InChI is InChI=1S/C14H25N3/c1-6-7-16-12-8-13(10-15-9-12)17(5)11-14(2,3)4/h8-10,16H,6-7,11H2,1-5H3. The van der Waals surface area contributed by atoms with Crippen molar-refractivity contribution in [3.8, 4) is 0 Å². The summed E-state index contributed by atoms with van der Waals surface area (Å²) in [4.78, 5) is 6.54. The molecule has 0 saturated carbocycles. The van der Waals surface area contributed by atoms with Gasteiger partial charge in [0, 0.05) is 20.1 Å². The Bertz CT molecular complexity index is 342. The van der Waals surface area contributed by atoms with E-state index in [9.17, 15) is 0 Å². The molecule has 1 rings (SSSR count). The van der Waals surface area contributed by atoms with Gasteiger partial charge >= 0.3 is 0 Å². The molecule has 0 radical (unpaired) electrons. The van der Waals surface area contributed by atoms with E-state index < -0.39 is 0 Å². The van der Waals surface area contributed by atoms with Crippen LogP contribution in [0.2, 0.25) is 0 Å². The molecule has 0 amide bonds. The highest BCUT2D eigenvalue weighted by Crippen LogP contribution is 2.21. The second-order valence-corrected chi connectivity index (χ2v) is 5.78. The highest BCUT2D eigenvalue weighted by atomic mass is 15.1. The molecule has 0 unspecified atom stereocenters. The molecule has 1 aromatic rings. The van der Waals surface area contributed by atoms with Crippen molar-refractivity contribution in [3.05, 3.63) is 18.5 Å². The first kappa shape index (κ1) is 13.8. The van der Waals surface area contributed by atoms with E-state index in [0.29, 0.717) is 5.41 Å². The smallest absolute Gasteiger partial charge is 0.0571 e. The summed E-state index contributed by atoms with van der Waals surface area (Å²) in [5, 5.41) is 3.36. The van der Waals surface area contributed by atoms with E-state index in [0.717, 1.165) is 25.2 Å². The maximum Gasteiger partial charge on any atom is 0.0571 e. The lowest BCUT2D eigenvalue weighted by molar-refractivity contribution is 0.419. The molecule has 0 aliphatic rings. The molecular formula is C14H25N3. The summed E-state index contributed by atoms with van der Waals surface area (Å²) in [6.07, 6.45) is 4.93. The van der Waals surface area contributed by atoms with Gasteiger partial charge < -0.3 is 10.2 Å². The van der Waals surface area contributed by atoms with Gasteiger partial charge in [0.05, 0.1) is 23.8 Å². The fraction of sp³-hybridized carbons (Fsp3) is 0.643. The van der Waals surface area contributed by atoms with E-state index in [1.165, 1.54) is 5.69 Å². The SMILES string of the molecule is CCCNc1cncc(N(C)CC(C)(C)C)c1. The van der Waals surface area contributed by atoms with Gasteiger partial charge in [-0.3, -0.25) is 4.98 Å². The number of hydrogen-bond donors (Lipinski definition) is 1. The Morgan fingerprint density at radius 3 is 2.59 bits per heavy atom. The zero-order valence-electron chi connectivity index (χ0n) is 11.7. The number of nitrogens with zero attached hydrogens (tertiary/aromatic N) is 2. The molecular weight excluding hydrogens is 210 g/mol. The molecule has 0 aliphatic carbocycles. The normalized spacial score (nSPS) is 11.4. The molecule has 0 atom stereocenters. The van der Waals surface area contributed by atoms with Crippen molar-refractivity contribution in [2.75, 3.05) is 30.4 Å². The first-order chi connectivity index (χ1) is 7.92. The van der Waals surface area contributed by atoms with Crippen LogP contribution in [-0.2, 0) is 0 Å². The van der Waals surface area contributed by atoms with Crippen LogP contribution in [0.3, 0.4) is 0 Å². The van der Waals surface area contributed by atoms with Gasteiger partial charge in [0.25, 0.3) is 0 Å². The predicted molar refractivity (Wildman–Crippen MR) is 75.7 cm³/mol. The highest BCUT2D eigenvalue weighted by molar-refractivity contribution is 5.55. The zero-order chi connectivity index (χ0) is 12.9. The van der Waals surface area contributed by atoms with Crippen LogP contribution < -0.4 is 10.2 Å². The fourth-order valence-electron chi connectivity index (χ4n) is 1.81. The van der Waals surface area contributed by atoms with Gasteiger partial charge in [0.1, 0.15) is 0 Å². The summed E-state index contributed by atoms with van der Waals surface area (Å²) >= 11 is 0. The molecule has 0 aliphatic heterocycles. The summed E-state index contributed by atoms with van der Waals surface area (Å²) in [5.41, 5.74) is 2.56. The summed E-state index contributed by atoms with van der Waals surface area (Å²) in [6.45, 7) is 10.9. The molecule has 17 heavy (non-hydrogen) atoms. The Balaban J connectivity index is 2.70. The van der Waals surface area contributed by atoms with Crippen molar-refractivity contribution in [2.45, 2.75) is 34.1 Å². The third-order valence-corrected chi connectivity index (χ3v) is 2.46. The van der Waals surface area contributed by atoms with E-state index in [1.807, 2.05) is 12.4 Å². The molecule has 3 nitrogen and oxygen atoms in total. The number of nitrogens with one attached hydrogen (secondary N) is 1. The Morgan fingerprint density at radius 2 is 2.00 bits per heavy atom. The third kappa shape index (κ3) is 5.07. The van der Waals surface area contributed by atoms with Gasteiger partial charge in [-0.1, -0.05) is 27.7 Å². The van der Waals surface area contributed by atoms with Gasteiger partial charge in [-0.25, -0.2) is 0 Å². The third-order valence-electron chi connectivity index (χ3n) is 2.46. The van der Waals surface area contributed by atoms with Crippen LogP contribution in [0.1, 0.15) is 34.1 Å². The van der Waals surface area contributed by atoms with Crippen LogP contribution in [0, 0.1) is 5.41 Å². The minimum Gasteiger partial charge on any atom is -0.384 e. The molecule has 0 aromatic carbocycles. The molecule has 0 fully saturated rings. The van der Waals surface area contributed by atoms with Crippen molar-refractivity contribution in [1.82, 2.24) is 4.98 Å². The van der Waals surface area contributed by atoms with Crippen LogP contribution in [0.25, 0.3) is 0 Å². The minimum absolute atomic E-state index is 0.293. The Hall–Kier alpha value is -1.25. The summed E-state index contributed by atoms with van der Waals surface area (Å²) in [5.74, 6) is 0. The predicted octanol–water partition coefficient (Wildman–Crippen LogP) is 3.39. The molecule has 0 spiro atoms. The molecule has 96 valence electrons. The second-order valence-electron chi connectivity index (χ2n) is 5.78. The summed E-state index contributed by atoms with van der Waals surface area (Å²) < 4.78 is 0. The first-order valence-corrected chi connectivity index (χ1v) is 6.32. The van der Waals surface area contributed by atoms with E-state index in [2.05, 4.69) is 56.0 Å². The van der Waals surface area contributed by atoms with Crippen LogP contribution in [0.5, 0.6) is 0 Å². The average Bonchev–Trinajstić information content (AvgIpc) is 2.24. The van der Waals surface area contributed by atoms with E-state index >= 15 is 0 Å². The van der Waals surface area contributed by atoms with Crippen molar-refractivity contribution in [2.24, 2.45) is 5.41 Å². The molecule has 0 bridgehead atoms. The number of pyridine rings is 1. The fourth-order valence-corrected chi connectivity index (χ4v) is 1.81. The van der Waals surface area contributed by atoms with Gasteiger partial charge in [-0.05, 0) is 17.9 Å². The van der Waals surface area contributed by atoms with Crippen LogP contribution in [0.4, 0.5) is 11.4 Å². The molecule has 3 heteroatoms. The highest BCUT2D eigenvalue weighted by Gasteiger charge is 2.14. The first-order valence-electron chi connectivity index (χ1n) is 6.32. The second kappa shape index (κ2) is 5.89. The molecule has 0 saturated heterocycles. The maximum absolute atomic E-state index is 4.28. The van der Waals surface area contributed by atoms with Gasteiger partial charge in [-0.15, -0.1) is 0 Å². The average molecular weight is 235 g/mol. The zero-order valence-corrected chi connectivity index (χ0v) is 11.7. The van der Waals surface area contributed by atoms with Gasteiger partial charge in [0.2, 0.25) is 0 Å². The topological polar surface area (TPSA) is 28.2 Å². The Labute approximate surface area is 105 Å². The number of anilines is 2. The largest absolute Gasteiger partial charge is 0.384 e. The van der Waals surface area contributed by atoms with Crippen molar-refractivity contribution < 1.29 is 0 Å². The van der Waals surface area contributed by atoms with Gasteiger partial charge in [-0.2, -0.15) is 0 Å². The lowest BCUT2D eigenvalue weighted by Gasteiger charge is -2.28. The van der Waals surface area contributed by atoms with Crippen LogP contribution in [-0.4, -0.2) is 25.1 Å². The Kier molecular flexibility index (Phi) is 4.79. The van der Waals surface area contributed by atoms with Crippen molar-refractivity contribution in [3.63, 3.8) is 0 Å². The Morgan fingerprint density at radius 1 is 1.29 bits per heavy atom. The summed E-state index contributed by atoms with van der Waals surface area (Å²) in [6, 6.07) is 2.16. The van der Waals surface area contributed by atoms with Crippen LogP contribution >= 0.6 is 0 Å². The monoisotopic (exact) mass is 235 g/mol. The lowest BCUT2D eigenvalue weighted by Crippen LogP contribution is -2.29. The van der Waals surface area contributed by atoms with E-state index in [4.69, 9.17) is 0 Å². The number of rotatable bonds is 5. The van der Waals surface area contributed by atoms with E-state index in [-0.39, 0.29) is 0 Å². The maximum atomic E-state index is 4.28.